The monoisotopic (exact) mass is 688 g/mol. The largest absolute Gasteiger partial charge is 0.507 e. The number of phenolic OH excluding ortho intramolecular Hbond substituents is 1. The molecular weight excluding hydrogens is 656 g/mol. The van der Waals surface area contributed by atoms with Crippen molar-refractivity contribution in [3.63, 3.8) is 0 Å². The summed E-state index contributed by atoms with van der Waals surface area (Å²) in [5.74, 6) is -5.16. The molecule has 10 heteroatoms. The van der Waals surface area contributed by atoms with E-state index in [1.54, 1.807) is 54.6 Å². The molecule has 2 aliphatic carbocycles. The second-order valence-electron chi connectivity index (χ2n) is 13.2. The number of hydrogen-bond acceptors (Lipinski definition) is 7. The first-order chi connectivity index (χ1) is 24.2. The fourth-order valence-corrected chi connectivity index (χ4v) is 9.24. The van der Waals surface area contributed by atoms with E-state index in [1.807, 2.05) is 42.5 Å². The Labute approximate surface area is 293 Å². The molecule has 0 radical (unpaired) electrons. The number of imide groups is 2. The Morgan fingerprint density at radius 3 is 2.14 bits per heavy atom. The average Bonchev–Trinajstić information content (AvgIpc) is 3.52. The number of carbonyl (C=O) groups is 4. The van der Waals surface area contributed by atoms with Gasteiger partial charge in [0.15, 0.2) is 0 Å². The number of amides is 4. The standard InChI is InChI=1S/C40H33ClN2O7/c1-49-26-19-31(44)34(32(20-26)50-2)35-27-16-17-28-33(38(47)42(36(28)45)24-13-7-4-8-14-24)29(27)21-30-37(46)43(25-15-9-12-23(41)18-25)39(48)40(30,35)22-10-5-3-6-11-22/h3-16,18-20,28-30,33,35,44H,17,21H2,1-2H3/t28-,29+,30-,33-,35+,40+/m0/s1. The number of hydrogen-bond donors (Lipinski definition) is 1. The van der Waals surface area contributed by atoms with E-state index >= 15 is 4.79 Å². The van der Waals surface area contributed by atoms with Crippen molar-refractivity contribution in [1.82, 2.24) is 0 Å². The maximum absolute atomic E-state index is 15.4. The van der Waals surface area contributed by atoms with Gasteiger partial charge in [-0.1, -0.05) is 77.8 Å². The number of methoxy groups -OCH3 is 2. The summed E-state index contributed by atoms with van der Waals surface area (Å²) in [4.78, 5) is 61.2. The van der Waals surface area contributed by atoms with E-state index < -0.39 is 46.8 Å². The Kier molecular flexibility index (Phi) is 7.56. The normalized spacial score (nSPS) is 27.1. The van der Waals surface area contributed by atoms with Crippen molar-refractivity contribution in [2.45, 2.75) is 24.2 Å². The molecule has 0 aromatic heterocycles. The summed E-state index contributed by atoms with van der Waals surface area (Å²) >= 11 is 6.40. The van der Waals surface area contributed by atoms with Crippen LogP contribution in [0.25, 0.3) is 0 Å². The molecule has 252 valence electrons. The first kappa shape index (κ1) is 31.8. The molecule has 50 heavy (non-hydrogen) atoms. The molecule has 2 heterocycles. The van der Waals surface area contributed by atoms with Gasteiger partial charge in [-0.3, -0.25) is 24.1 Å². The Morgan fingerprint density at radius 2 is 1.46 bits per heavy atom. The lowest BCUT2D eigenvalue weighted by Gasteiger charge is -2.51. The maximum Gasteiger partial charge on any atom is 0.246 e. The van der Waals surface area contributed by atoms with Crippen molar-refractivity contribution in [2.24, 2.45) is 23.7 Å². The van der Waals surface area contributed by atoms with Crippen LogP contribution in [-0.2, 0) is 24.6 Å². The zero-order valence-electron chi connectivity index (χ0n) is 27.3. The number of aromatic hydroxyl groups is 1. The highest BCUT2D eigenvalue weighted by molar-refractivity contribution is 6.32. The zero-order valence-corrected chi connectivity index (χ0v) is 28.0. The van der Waals surface area contributed by atoms with E-state index in [9.17, 15) is 19.5 Å². The summed E-state index contributed by atoms with van der Waals surface area (Å²) in [6.07, 6.45) is 2.32. The topological polar surface area (TPSA) is 113 Å². The highest BCUT2D eigenvalue weighted by Gasteiger charge is 2.71. The van der Waals surface area contributed by atoms with Gasteiger partial charge in [0.25, 0.3) is 0 Å². The predicted octanol–water partition coefficient (Wildman–Crippen LogP) is 6.43. The molecule has 2 saturated heterocycles. The molecule has 4 amide bonds. The number of rotatable bonds is 6. The van der Waals surface area contributed by atoms with Crippen LogP contribution in [0.1, 0.15) is 29.9 Å². The molecule has 9 nitrogen and oxygen atoms in total. The Morgan fingerprint density at radius 1 is 0.760 bits per heavy atom. The fourth-order valence-electron chi connectivity index (χ4n) is 9.05. The van der Waals surface area contributed by atoms with Crippen molar-refractivity contribution in [3.05, 3.63) is 125 Å². The Hall–Kier alpha value is -5.41. The van der Waals surface area contributed by atoms with E-state index in [0.29, 0.717) is 38.8 Å². The molecule has 0 spiro atoms. The van der Waals surface area contributed by atoms with Crippen LogP contribution in [0, 0.1) is 23.7 Å². The minimum atomic E-state index is -1.57. The number of fused-ring (bicyclic) bond motifs is 4. The number of allylic oxidation sites excluding steroid dienone is 2. The molecule has 4 aliphatic rings. The number of halogens is 1. The van der Waals surface area contributed by atoms with Crippen molar-refractivity contribution >= 4 is 46.6 Å². The number of nitrogens with zero attached hydrogens (tertiary/aromatic N) is 2. The number of phenols is 1. The van der Waals surface area contributed by atoms with E-state index in [2.05, 4.69) is 0 Å². The first-order valence-corrected chi connectivity index (χ1v) is 16.9. The highest BCUT2D eigenvalue weighted by Crippen LogP contribution is 2.66. The quantitative estimate of drug-likeness (QED) is 0.184. The van der Waals surface area contributed by atoms with Gasteiger partial charge >= 0.3 is 0 Å². The second kappa shape index (κ2) is 11.9. The number of anilines is 2. The summed E-state index contributed by atoms with van der Waals surface area (Å²) in [7, 11) is 2.94. The van der Waals surface area contributed by atoms with Gasteiger partial charge in [-0.25, -0.2) is 4.90 Å². The minimum Gasteiger partial charge on any atom is -0.507 e. The van der Waals surface area contributed by atoms with Crippen molar-refractivity contribution in [2.75, 3.05) is 24.0 Å². The average molecular weight is 689 g/mol. The molecule has 2 aliphatic heterocycles. The summed E-state index contributed by atoms with van der Waals surface area (Å²) < 4.78 is 11.4. The van der Waals surface area contributed by atoms with Crippen LogP contribution < -0.4 is 19.3 Å². The summed E-state index contributed by atoms with van der Waals surface area (Å²) in [6, 6.07) is 27.6. The van der Waals surface area contributed by atoms with Crippen LogP contribution in [0.4, 0.5) is 11.4 Å². The molecular formula is C40H33ClN2O7. The number of benzene rings is 4. The van der Waals surface area contributed by atoms with Crippen molar-refractivity contribution in [3.8, 4) is 17.2 Å². The molecule has 4 aromatic rings. The molecule has 1 saturated carbocycles. The fraction of sp³-hybridized carbons (Fsp3) is 0.250. The number of para-hydroxylation sites is 1. The van der Waals surface area contributed by atoms with Crippen LogP contribution in [-0.4, -0.2) is 43.0 Å². The second-order valence-corrected chi connectivity index (χ2v) is 13.6. The predicted molar refractivity (Wildman–Crippen MR) is 186 cm³/mol. The summed E-state index contributed by atoms with van der Waals surface area (Å²) in [5, 5.41) is 12.2. The first-order valence-electron chi connectivity index (χ1n) is 16.5. The van der Waals surface area contributed by atoms with E-state index in [4.69, 9.17) is 21.1 Å². The third kappa shape index (κ3) is 4.39. The Balaban J connectivity index is 1.40. The third-order valence-electron chi connectivity index (χ3n) is 11.0. The van der Waals surface area contributed by atoms with Crippen molar-refractivity contribution < 1.29 is 33.8 Å². The molecule has 4 aromatic carbocycles. The van der Waals surface area contributed by atoms with Crippen LogP contribution in [0.15, 0.2) is 109 Å². The molecule has 1 N–H and O–H groups in total. The van der Waals surface area contributed by atoms with Gasteiger partial charge in [-0.2, -0.15) is 0 Å². The Bertz CT molecular complexity index is 2100. The van der Waals surface area contributed by atoms with E-state index in [0.717, 1.165) is 0 Å². The van der Waals surface area contributed by atoms with Gasteiger partial charge in [-0.05, 0) is 54.7 Å². The van der Waals surface area contributed by atoms with Gasteiger partial charge < -0.3 is 14.6 Å². The minimum absolute atomic E-state index is 0.126. The van der Waals surface area contributed by atoms with Gasteiger partial charge in [-0.15, -0.1) is 0 Å². The smallest absolute Gasteiger partial charge is 0.246 e. The summed E-state index contributed by atoms with van der Waals surface area (Å²) in [6.45, 7) is 0. The lowest BCUT2D eigenvalue weighted by molar-refractivity contribution is -0.127. The number of carbonyl (C=O) groups excluding carboxylic acids is 4. The van der Waals surface area contributed by atoms with E-state index in [1.165, 1.54) is 30.1 Å². The van der Waals surface area contributed by atoms with Crippen LogP contribution in [0.5, 0.6) is 17.2 Å². The zero-order chi connectivity index (χ0) is 34.9. The summed E-state index contributed by atoms with van der Waals surface area (Å²) in [5.41, 5.74) is 0.811. The molecule has 0 bridgehead atoms. The lowest BCUT2D eigenvalue weighted by atomic mass is 9.49. The van der Waals surface area contributed by atoms with Crippen molar-refractivity contribution in [1.29, 1.82) is 0 Å². The molecule has 6 atom stereocenters. The SMILES string of the molecule is COc1cc(O)c([C@H]2C3=CC[C@@H]4C(=O)N(c5ccccc5)C(=O)[C@@H]4[C@@H]3C[C@H]3C(=O)N(c4cccc(Cl)c4)C(=O)[C@@]23c2ccccc2)c(OC)c1. The highest BCUT2D eigenvalue weighted by atomic mass is 35.5. The lowest BCUT2D eigenvalue weighted by Crippen LogP contribution is -2.53. The third-order valence-corrected chi connectivity index (χ3v) is 11.3. The van der Waals surface area contributed by atoms with E-state index in [-0.39, 0.29) is 36.2 Å². The maximum atomic E-state index is 15.4. The van der Waals surface area contributed by atoms with Crippen LogP contribution in [0.2, 0.25) is 5.02 Å². The molecule has 3 fully saturated rings. The van der Waals surface area contributed by atoms with Crippen LogP contribution in [0.3, 0.4) is 0 Å². The van der Waals surface area contributed by atoms with Gasteiger partial charge in [0.1, 0.15) is 17.2 Å². The van der Waals surface area contributed by atoms with Gasteiger partial charge in [0.05, 0.1) is 48.8 Å². The van der Waals surface area contributed by atoms with Crippen LogP contribution >= 0.6 is 11.6 Å². The van der Waals surface area contributed by atoms with Gasteiger partial charge in [0.2, 0.25) is 23.6 Å². The number of ether oxygens (including phenoxy) is 2. The molecule has 0 unspecified atom stereocenters. The van der Waals surface area contributed by atoms with Gasteiger partial charge in [0, 0.05) is 28.6 Å². The molecule has 8 rings (SSSR count).